The van der Waals surface area contributed by atoms with Gasteiger partial charge >= 0.3 is 11.9 Å². The molecule has 0 saturated heterocycles. The molecule has 1 aromatic carbocycles. The van der Waals surface area contributed by atoms with Gasteiger partial charge in [-0.05, 0) is 52.3 Å². The van der Waals surface area contributed by atoms with Gasteiger partial charge in [0.2, 0.25) is 0 Å². The Labute approximate surface area is 195 Å². The van der Waals surface area contributed by atoms with Crippen molar-refractivity contribution in [1.82, 2.24) is 5.32 Å². The maximum Gasteiger partial charge on any atom is 0.324 e. The number of unbranched alkanes of at least 4 members (excludes halogenated alkanes) is 1. The molecule has 1 rings (SSSR count). The molecular formula is C23H36ClN3O5. The van der Waals surface area contributed by atoms with E-state index in [4.69, 9.17) is 37.3 Å². The zero-order valence-corrected chi connectivity index (χ0v) is 19.9. The number of ether oxygens (including phenoxy) is 3. The summed E-state index contributed by atoms with van der Waals surface area (Å²) in [6, 6.07) is 5.89. The molecule has 0 radical (unpaired) electrons. The van der Waals surface area contributed by atoms with Crippen LogP contribution in [-0.4, -0.2) is 49.3 Å². The highest BCUT2D eigenvalue weighted by Gasteiger charge is 2.25. The van der Waals surface area contributed by atoms with Crippen LogP contribution in [0, 0.1) is 0 Å². The molecule has 2 atom stereocenters. The molecule has 0 aliphatic rings. The minimum Gasteiger partial charge on any atom is -0.497 e. The molecule has 0 heterocycles. The summed E-state index contributed by atoms with van der Waals surface area (Å²) < 4.78 is 16.0. The summed E-state index contributed by atoms with van der Waals surface area (Å²) in [6.45, 7) is 6.29. The van der Waals surface area contributed by atoms with Gasteiger partial charge in [0.25, 0.3) is 0 Å². The summed E-state index contributed by atoms with van der Waals surface area (Å²) in [5, 5.41) is 3.64. The Balaban J connectivity index is 2.46. The molecule has 5 N–H and O–H groups in total. The van der Waals surface area contributed by atoms with Crippen molar-refractivity contribution in [2.45, 2.75) is 64.3 Å². The van der Waals surface area contributed by atoms with Gasteiger partial charge < -0.3 is 31.0 Å². The van der Waals surface area contributed by atoms with Gasteiger partial charge in [-0.3, -0.25) is 9.59 Å². The molecule has 180 valence electrons. The fraction of sp³-hybridized carbons (Fsp3) is 0.565. The van der Waals surface area contributed by atoms with E-state index in [2.05, 4.69) is 5.32 Å². The SMILES string of the molecule is CC(C)(C)OC(=O)C(N)CN[C@@H](CCCCN)C(=O)OCC=COCc1ccccc1Cl. The quantitative estimate of drug-likeness (QED) is 0.215. The van der Waals surface area contributed by atoms with E-state index in [1.54, 1.807) is 32.9 Å². The second-order valence-electron chi connectivity index (χ2n) is 8.29. The van der Waals surface area contributed by atoms with Crippen molar-refractivity contribution < 1.29 is 23.8 Å². The molecule has 0 saturated carbocycles. The number of rotatable bonds is 14. The Kier molecular flexibility index (Phi) is 12.9. The van der Waals surface area contributed by atoms with E-state index >= 15 is 0 Å². The fourth-order valence-electron chi connectivity index (χ4n) is 2.62. The Morgan fingerprint density at radius 2 is 1.91 bits per heavy atom. The monoisotopic (exact) mass is 469 g/mol. The second-order valence-corrected chi connectivity index (χ2v) is 8.70. The number of esters is 2. The van der Waals surface area contributed by atoms with Crippen molar-refractivity contribution in [3.8, 4) is 0 Å². The van der Waals surface area contributed by atoms with Crippen LogP contribution in [0.3, 0.4) is 0 Å². The summed E-state index contributed by atoms with van der Waals surface area (Å²) in [5.41, 5.74) is 11.7. The van der Waals surface area contributed by atoms with Crippen LogP contribution in [0.15, 0.2) is 36.6 Å². The second kappa shape index (κ2) is 14.8. The van der Waals surface area contributed by atoms with Crippen LogP contribution < -0.4 is 16.8 Å². The van der Waals surface area contributed by atoms with E-state index < -0.39 is 29.6 Å². The first-order chi connectivity index (χ1) is 15.1. The highest BCUT2D eigenvalue weighted by molar-refractivity contribution is 6.31. The number of nitrogens with one attached hydrogen (secondary N) is 1. The normalized spacial score (nSPS) is 13.6. The molecule has 0 fully saturated rings. The van der Waals surface area contributed by atoms with E-state index in [9.17, 15) is 9.59 Å². The number of hydrogen-bond donors (Lipinski definition) is 3. The molecular weight excluding hydrogens is 434 g/mol. The van der Waals surface area contributed by atoms with E-state index in [0.717, 1.165) is 18.4 Å². The summed E-state index contributed by atoms with van der Waals surface area (Å²) in [7, 11) is 0. The predicted octanol–water partition coefficient (Wildman–Crippen LogP) is 2.67. The Morgan fingerprint density at radius 3 is 2.56 bits per heavy atom. The van der Waals surface area contributed by atoms with Gasteiger partial charge in [-0.15, -0.1) is 0 Å². The van der Waals surface area contributed by atoms with Gasteiger partial charge in [-0.1, -0.05) is 36.2 Å². The molecule has 1 aromatic rings. The smallest absolute Gasteiger partial charge is 0.324 e. The van der Waals surface area contributed by atoms with Gasteiger partial charge in [0.15, 0.2) is 0 Å². The largest absolute Gasteiger partial charge is 0.497 e. The number of nitrogens with two attached hydrogens (primary N) is 2. The summed E-state index contributed by atoms with van der Waals surface area (Å²) in [4.78, 5) is 24.5. The van der Waals surface area contributed by atoms with Crippen LogP contribution >= 0.6 is 11.6 Å². The topological polar surface area (TPSA) is 126 Å². The lowest BCUT2D eigenvalue weighted by Crippen LogP contribution is -2.49. The first-order valence-corrected chi connectivity index (χ1v) is 11.1. The van der Waals surface area contributed by atoms with Crippen molar-refractivity contribution >= 4 is 23.5 Å². The van der Waals surface area contributed by atoms with Crippen molar-refractivity contribution in [2.75, 3.05) is 19.7 Å². The number of benzene rings is 1. The van der Waals surface area contributed by atoms with Gasteiger partial charge in [-0.2, -0.15) is 0 Å². The number of hydrogen-bond acceptors (Lipinski definition) is 8. The fourth-order valence-corrected chi connectivity index (χ4v) is 2.81. The minimum atomic E-state index is -0.892. The predicted molar refractivity (Wildman–Crippen MR) is 125 cm³/mol. The molecule has 9 heteroatoms. The number of carbonyl (C=O) groups excluding carboxylic acids is 2. The molecule has 0 bridgehead atoms. The zero-order valence-electron chi connectivity index (χ0n) is 19.1. The maximum atomic E-state index is 12.5. The van der Waals surface area contributed by atoms with E-state index in [-0.39, 0.29) is 13.2 Å². The first kappa shape index (κ1) is 27.9. The maximum absolute atomic E-state index is 12.5. The Hall–Kier alpha value is -2.13. The van der Waals surface area contributed by atoms with E-state index in [1.807, 2.05) is 18.2 Å². The summed E-state index contributed by atoms with van der Waals surface area (Å²) in [6.07, 6.45) is 5.09. The molecule has 0 aliphatic carbocycles. The Morgan fingerprint density at radius 1 is 1.19 bits per heavy atom. The van der Waals surface area contributed by atoms with Crippen LogP contribution in [0.25, 0.3) is 0 Å². The molecule has 0 aromatic heterocycles. The third-order valence-corrected chi connectivity index (χ3v) is 4.60. The average Bonchev–Trinajstić information content (AvgIpc) is 2.72. The lowest BCUT2D eigenvalue weighted by atomic mass is 10.1. The number of carbonyl (C=O) groups is 2. The van der Waals surface area contributed by atoms with Crippen LogP contribution in [-0.2, 0) is 30.4 Å². The van der Waals surface area contributed by atoms with Crippen LogP contribution in [0.4, 0.5) is 0 Å². The van der Waals surface area contributed by atoms with Crippen LogP contribution in [0.1, 0.15) is 45.6 Å². The average molecular weight is 470 g/mol. The Bertz CT molecular complexity index is 737. The molecule has 0 spiro atoms. The number of halogens is 1. The highest BCUT2D eigenvalue weighted by Crippen LogP contribution is 2.15. The van der Waals surface area contributed by atoms with Crippen molar-refractivity contribution in [3.63, 3.8) is 0 Å². The van der Waals surface area contributed by atoms with Crippen LogP contribution in [0.2, 0.25) is 5.02 Å². The highest BCUT2D eigenvalue weighted by atomic mass is 35.5. The molecule has 0 amide bonds. The lowest BCUT2D eigenvalue weighted by molar-refractivity contribution is -0.156. The van der Waals surface area contributed by atoms with Gasteiger partial charge in [0.05, 0.1) is 6.26 Å². The molecule has 1 unspecified atom stereocenters. The molecule has 0 aliphatic heterocycles. The van der Waals surface area contributed by atoms with Gasteiger partial charge in [-0.25, -0.2) is 0 Å². The van der Waals surface area contributed by atoms with Crippen LogP contribution in [0.5, 0.6) is 0 Å². The van der Waals surface area contributed by atoms with Gasteiger partial charge in [0.1, 0.15) is 30.9 Å². The third kappa shape index (κ3) is 12.0. The minimum absolute atomic E-state index is 0.0501. The van der Waals surface area contributed by atoms with Crippen molar-refractivity contribution in [3.05, 3.63) is 47.2 Å². The first-order valence-electron chi connectivity index (χ1n) is 10.7. The van der Waals surface area contributed by atoms with Gasteiger partial charge in [0, 0.05) is 17.1 Å². The van der Waals surface area contributed by atoms with Crippen molar-refractivity contribution in [2.24, 2.45) is 11.5 Å². The summed E-state index contributed by atoms with van der Waals surface area (Å²) >= 11 is 6.07. The van der Waals surface area contributed by atoms with Crippen molar-refractivity contribution in [1.29, 1.82) is 0 Å². The summed E-state index contributed by atoms with van der Waals surface area (Å²) in [5.74, 6) is -0.966. The zero-order chi connectivity index (χ0) is 24.0. The molecule has 8 nitrogen and oxygen atoms in total. The lowest BCUT2D eigenvalue weighted by Gasteiger charge is -2.23. The van der Waals surface area contributed by atoms with E-state index in [0.29, 0.717) is 24.6 Å². The molecule has 32 heavy (non-hydrogen) atoms. The standard InChI is InChI=1S/C23H36ClN3O5/c1-23(2,3)32-21(28)19(26)15-27-20(11-6-7-12-25)22(29)31-14-8-13-30-16-17-9-4-5-10-18(17)24/h4-5,8-10,13,19-20,27H,6-7,11-12,14-16,25-26H2,1-3H3/t19?,20-/m0/s1. The third-order valence-electron chi connectivity index (χ3n) is 4.24. The van der Waals surface area contributed by atoms with E-state index in [1.165, 1.54) is 6.26 Å².